The van der Waals surface area contributed by atoms with Gasteiger partial charge in [-0.1, -0.05) is 0 Å². The second-order valence-corrected chi connectivity index (χ2v) is 6.23. The summed E-state index contributed by atoms with van der Waals surface area (Å²) in [6, 6.07) is 7.96. The van der Waals surface area contributed by atoms with Crippen LogP contribution in [0.4, 0.5) is 0 Å². The summed E-state index contributed by atoms with van der Waals surface area (Å²) >= 11 is 0. The Balaban J connectivity index is 1.69. The minimum Gasteiger partial charge on any atom is -0.467 e. The molecule has 0 radical (unpaired) electrons. The molecule has 0 aliphatic heterocycles. The fourth-order valence-corrected chi connectivity index (χ4v) is 3.00. The maximum Gasteiger partial charge on any atom is 0.274 e. The molecule has 1 amide bonds. The fraction of sp³-hybridized carbons (Fsp3) is 0.333. The van der Waals surface area contributed by atoms with Crippen molar-refractivity contribution in [2.45, 2.75) is 38.8 Å². The van der Waals surface area contributed by atoms with E-state index in [1.54, 1.807) is 12.5 Å². The number of amides is 1. The number of nitrogens with zero attached hydrogens (tertiary/aromatic N) is 3. The molecule has 0 saturated heterocycles. The molecule has 1 aliphatic rings. The number of rotatable bonds is 4. The number of hydrogen-bond acceptors (Lipinski definition) is 3. The lowest BCUT2D eigenvalue weighted by atomic mass is 10.2. The Labute approximate surface area is 134 Å². The Kier molecular flexibility index (Phi) is 3.22. The van der Waals surface area contributed by atoms with Crippen molar-refractivity contribution in [3.8, 4) is 0 Å². The molecule has 118 valence electrons. The lowest BCUT2D eigenvalue weighted by Crippen LogP contribution is -2.35. The predicted molar refractivity (Wildman–Crippen MR) is 86.2 cm³/mol. The highest BCUT2D eigenvalue weighted by atomic mass is 16.3. The highest BCUT2D eigenvalue weighted by Crippen LogP contribution is 2.35. The molecular formula is C18H19N3O2. The SMILES string of the molecule is Cc1ccn2cc(C(=O)N(C3CC3)[C@@H](C)c3ccco3)nc2c1. The maximum absolute atomic E-state index is 13.0. The second kappa shape index (κ2) is 5.26. The number of pyridine rings is 1. The Morgan fingerprint density at radius 3 is 2.96 bits per heavy atom. The van der Waals surface area contributed by atoms with Gasteiger partial charge in [0.05, 0.1) is 12.3 Å². The molecule has 3 aromatic rings. The van der Waals surface area contributed by atoms with Gasteiger partial charge in [-0.3, -0.25) is 4.79 Å². The number of furan rings is 1. The number of carbonyl (C=O) groups excluding carboxylic acids is 1. The van der Waals surface area contributed by atoms with Crippen molar-refractivity contribution in [3.05, 3.63) is 59.9 Å². The molecule has 0 spiro atoms. The first kappa shape index (κ1) is 14.1. The van der Waals surface area contributed by atoms with E-state index < -0.39 is 0 Å². The molecule has 3 aromatic heterocycles. The molecule has 0 N–H and O–H groups in total. The minimum absolute atomic E-state index is 0.0299. The van der Waals surface area contributed by atoms with E-state index in [0.717, 1.165) is 29.8 Å². The Hall–Kier alpha value is -2.56. The minimum atomic E-state index is -0.0865. The number of imidazole rings is 1. The summed E-state index contributed by atoms with van der Waals surface area (Å²) in [5, 5.41) is 0. The molecule has 4 rings (SSSR count). The van der Waals surface area contributed by atoms with Gasteiger partial charge in [-0.25, -0.2) is 4.98 Å². The summed E-state index contributed by atoms with van der Waals surface area (Å²) in [7, 11) is 0. The van der Waals surface area contributed by atoms with Crippen molar-refractivity contribution >= 4 is 11.6 Å². The third-order valence-corrected chi connectivity index (χ3v) is 4.38. The molecule has 1 atom stereocenters. The molecule has 1 saturated carbocycles. The lowest BCUT2D eigenvalue weighted by Gasteiger charge is -2.27. The summed E-state index contributed by atoms with van der Waals surface area (Å²) in [4.78, 5) is 19.4. The second-order valence-electron chi connectivity index (χ2n) is 6.23. The van der Waals surface area contributed by atoms with Gasteiger partial charge in [0.1, 0.15) is 17.1 Å². The van der Waals surface area contributed by atoms with Crippen LogP contribution in [0, 0.1) is 6.92 Å². The van der Waals surface area contributed by atoms with Crippen molar-refractivity contribution in [3.63, 3.8) is 0 Å². The van der Waals surface area contributed by atoms with Crippen LogP contribution in [0.5, 0.6) is 0 Å². The van der Waals surface area contributed by atoms with Gasteiger partial charge in [-0.2, -0.15) is 0 Å². The van der Waals surface area contributed by atoms with Gasteiger partial charge in [-0.15, -0.1) is 0 Å². The smallest absolute Gasteiger partial charge is 0.274 e. The largest absolute Gasteiger partial charge is 0.467 e. The summed E-state index contributed by atoms with van der Waals surface area (Å²) in [6.45, 7) is 4.03. The summed E-state index contributed by atoms with van der Waals surface area (Å²) < 4.78 is 7.39. The van der Waals surface area contributed by atoms with E-state index in [-0.39, 0.29) is 18.0 Å². The standard InChI is InChI=1S/C18H19N3O2/c1-12-7-8-20-11-15(19-17(20)10-12)18(22)21(14-5-6-14)13(2)16-4-3-9-23-16/h3-4,7-11,13-14H,5-6H2,1-2H3/t13-/m0/s1. The van der Waals surface area contributed by atoms with Crippen LogP contribution >= 0.6 is 0 Å². The van der Waals surface area contributed by atoms with Gasteiger partial charge in [0.15, 0.2) is 0 Å². The first-order valence-electron chi connectivity index (χ1n) is 7.95. The molecule has 0 aromatic carbocycles. The van der Waals surface area contributed by atoms with Crippen LogP contribution in [0.1, 0.15) is 47.6 Å². The summed E-state index contributed by atoms with van der Waals surface area (Å²) in [6.07, 6.45) is 7.48. The monoisotopic (exact) mass is 309 g/mol. The zero-order valence-electron chi connectivity index (χ0n) is 13.3. The molecule has 0 bridgehead atoms. The van der Waals surface area contributed by atoms with E-state index in [9.17, 15) is 4.79 Å². The van der Waals surface area contributed by atoms with E-state index in [1.807, 2.05) is 53.6 Å². The van der Waals surface area contributed by atoms with Gasteiger partial charge >= 0.3 is 0 Å². The van der Waals surface area contributed by atoms with Gasteiger partial charge in [0, 0.05) is 18.4 Å². The van der Waals surface area contributed by atoms with E-state index >= 15 is 0 Å². The highest BCUT2D eigenvalue weighted by Gasteiger charge is 2.38. The van der Waals surface area contributed by atoms with Gasteiger partial charge in [-0.05, 0) is 56.5 Å². The third-order valence-electron chi connectivity index (χ3n) is 4.38. The average molecular weight is 309 g/mol. The molecule has 3 heterocycles. The lowest BCUT2D eigenvalue weighted by molar-refractivity contribution is 0.0647. The fourth-order valence-electron chi connectivity index (χ4n) is 3.00. The normalized spacial score (nSPS) is 15.7. The molecule has 1 aliphatic carbocycles. The van der Waals surface area contributed by atoms with E-state index in [4.69, 9.17) is 4.42 Å². The molecule has 23 heavy (non-hydrogen) atoms. The van der Waals surface area contributed by atoms with Crippen molar-refractivity contribution in [2.75, 3.05) is 0 Å². The molecule has 5 heteroatoms. The molecule has 5 nitrogen and oxygen atoms in total. The number of hydrogen-bond donors (Lipinski definition) is 0. The maximum atomic E-state index is 13.0. The summed E-state index contributed by atoms with van der Waals surface area (Å²) in [5.74, 6) is 0.780. The quantitative estimate of drug-likeness (QED) is 0.740. The Bertz CT molecular complexity index is 846. The highest BCUT2D eigenvalue weighted by molar-refractivity contribution is 5.93. The van der Waals surface area contributed by atoms with Crippen molar-refractivity contribution in [1.82, 2.24) is 14.3 Å². The topological polar surface area (TPSA) is 50.8 Å². The van der Waals surface area contributed by atoms with Crippen LogP contribution in [0.25, 0.3) is 5.65 Å². The average Bonchev–Trinajstić information content (AvgIpc) is 3.05. The third kappa shape index (κ3) is 2.52. The Morgan fingerprint density at radius 1 is 1.43 bits per heavy atom. The van der Waals surface area contributed by atoms with Crippen LogP contribution in [0.3, 0.4) is 0 Å². The van der Waals surface area contributed by atoms with Crippen LogP contribution in [-0.4, -0.2) is 26.2 Å². The molecular weight excluding hydrogens is 290 g/mol. The summed E-state index contributed by atoms with van der Waals surface area (Å²) in [5.41, 5.74) is 2.42. The molecule has 0 unspecified atom stereocenters. The Morgan fingerprint density at radius 2 is 2.26 bits per heavy atom. The number of fused-ring (bicyclic) bond motifs is 1. The number of aryl methyl sites for hydroxylation is 1. The van der Waals surface area contributed by atoms with Crippen molar-refractivity contribution in [2.24, 2.45) is 0 Å². The van der Waals surface area contributed by atoms with Crippen LogP contribution in [-0.2, 0) is 0 Å². The van der Waals surface area contributed by atoms with Gasteiger partial charge < -0.3 is 13.7 Å². The predicted octanol–water partition coefficient (Wildman–Crippen LogP) is 3.60. The number of aromatic nitrogens is 2. The van der Waals surface area contributed by atoms with E-state index in [0.29, 0.717) is 5.69 Å². The first-order chi connectivity index (χ1) is 11.1. The van der Waals surface area contributed by atoms with Crippen LogP contribution in [0.2, 0.25) is 0 Å². The van der Waals surface area contributed by atoms with E-state index in [2.05, 4.69) is 4.98 Å². The zero-order valence-corrected chi connectivity index (χ0v) is 13.3. The van der Waals surface area contributed by atoms with Crippen LogP contribution in [0.15, 0.2) is 47.3 Å². The van der Waals surface area contributed by atoms with E-state index in [1.165, 1.54) is 0 Å². The number of carbonyl (C=O) groups is 1. The van der Waals surface area contributed by atoms with Crippen molar-refractivity contribution in [1.29, 1.82) is 0 Å². The van der Waals surface area contributed by atoms with Crippen molar-refractivity contribution < 1.29 is 9.21 Å². The van der Waals surface area contributed by atoms with Gasteiger partial charge in [0.2, 0.25) is 0 Å². The van der Waals surface area contributed by atoms with Gasteiger partial charge in [0.25, 0.3) is 5.91 Å². The zero-order chi connectivity index (χ0) is 16.0. The van der Waals surface area contributed by atoms with Crippen LogP contribution < -0.4 is 0 Å². The molecule has 1 fully saturated rings. The first-order valence-corrected chi connectivity index (χ1v) is 7.95.